The van der Waals surface area contributed by atoms with E-state index >= 15 is 0 Å². The molecule has 50 valence electrons. The quantitative estimate of drug-likeness (QED) is 0.660. The second-order valence-corrected chi connectivity index (χ2v) is 2.36. The van der Waals surface area contributed by atoms with Crippen molar-refractivity contribution in [2.75, 3.05) is 5.73 Å². The average Bonchev–Trinajstić information content (AvgIpc) is 2.44. The van der Waals surface area contributed by atoms with Crippen LogP contribution in [0.25, 0.3) is 0 Å². The summed E-state index contributed by atoms with van der Waals surface area (Å²) in [6.45, 7) is -5.46. The molecule has 1 heterocycles. The molecule has 0 radical (unpaired) electrons. The van der Waals surface area contributed by atoms with Gasteiger partial charge in [-0.2, -0.15) is 0 Å². The Labute approximate surface area is 70.0 Å². The van der Waals surface area contributed by atoms with Gasteiger partial charge in [0.25, 0.3) is 0 Å². The molecule has 0 fully saturated rings. The zero-order chi connectivity index (χ0) is 13.6. The molecule has 2 N–H and O–H groups in total. The molecule has 1 aromatic rings. The first-order valence-corrected chi connectivity index (χ1v) is 2.96. The molecule has 1 rings (SSSR count). The van der Waals surface area contributed by atoms with Crippen molar-refractivity contribution in [2.45, 2.75) is 20.1 Å². The molecule has 0 spiro atoms. The molecule has 0 unspecified atom stereocenters. The van der Waals surface area contributed by atoms with Gasteiger partial charge in [0.05, 0.1) is 5.01 Å². The Balaban J connectivity index is 3.30. The lowest BCUT2D eigenvalue weighted by molar-refractivity contribution is 1.17. The standard InChI is InChI=1S/C6H10N2S/c1-3-5-6(7)8-4(2)9-5/h3,7H2,1-2H3/i1D3,2D3,3D2. The molecule has 0 aromatic carbocycles. The minimum Gasteiger partial charge on any atom is -0.383 e. The molecule has 0 aliphatic rings. The number of thiazole rings is 1. The number of rotatable bonds is 1. The predicted octanol–water partition coefficient (Wildman–Crippen LogP) is 1.60. The summed E-state index contributed by atoms with van der Waals surface area (Å²) in [5.41, 5.74) is 5.38. The molecule has 0 saturated heterocycles. The predicted molar refractivity (Wildman–Crippen MR) is 40.6 cm³/mol. The molecule has 1 aromatic heterocycles. The normalized spacial score (nSPS) is 27.6. The summed E-state index contributed by atoms with van der Waals surface area (Å²) >= 11 is 0.467. The molecule has 0 aliphatic carbocycles. The maximum absolute atomic E-state index is 7.49. The summed E-state index contributed by atoms with van der Waals surface area (Å²) in [4.78, 5) is 3.13. The zero-order valence-corrected chi connectivity index (χ0v) is 5.25. The van der Waals surface area contributed by atoms with E-state index in [1.807, 2.05) is 0 Å². The Kier molecular flexibility index (Phi) is 0.450. The van der Waals surface area contributed by atoms with Crippen molar-refractivity contribution in [2.24, 2.45) is 0 Å². The maximum atomic E-state index is 7.49. The van der Waals surface area contributed by atoms with Gasteiger partial charge >= 0.3 is 0 Å². The largest absolute Gasteiger partial charge is 0.383 e. The van der Waals surface area contributed by atoms with Crippen LogP contribution in [0.2, 0.25) is 0 Å². The number of hydrogen-bond acceptors (Lipinski definition) is 3. The minimum atomic E-state index is -2.93. The number of nitrogens with zero attached hydrogens (tertiary/aromatic N) is 1. The van der Waals surface area contributed by atoms with Crippen molar-refractivity contribution < 1.29 is 11.0 Å². The van der Waals surface area contributed by atoms with E-state index in [0.717, 1.165) is 0 Å². The monoisotopic (exact) mass is 150 g/mol. The van der Waals surface area contributed by atoms with E-state index in [9.17, 15) is 0 Å². The molecular formula is C6H10N2S. The Morgan fingerprint density at radius 2 is 2.89 bits per heavy atom. The van der Waals surface area contributed by atoms with Crippen LogP contribution in [-0.4, -0.2) is 4.98 Å². The van der Waals surface area contributed by atoms with Gasteiger partial charge in [-0.1, -0.05) is 6.85 Å². The summed E-state index contributed by atoms with van der Waals surface area (Å²) in [6, 6.07) is 0. The van der Waals surface area contributed by atoms with E-state index in [-0.39, 0.29) is 15.7 Å². The highest BCUT2D eigenvalue weighted by atomic mass is 32.1. The van der Waals surface area contributed by atoms with E-state index in [1.165, 1.54) is 0 Å². The summed E-state index contributed by atoms with van der Waals surface area (Å²) in [5.74, 6) is -0.387. The van der Waals surface area contributed by atoms with Crippen LogP contribution in [0.4, 0.5) is 5.82 Å². The molecular weight excluding hydrogens is 132 g/mol. The van der Waals surface area contributed by atoms with Crippen LogP contribution in [0.1, 0.15) is 27.7 Å². The van der Waals surface area contributed by atoms with Gasteiger partial charge in [-0.3, -0.25) is 0 Å². The van der Waals surface area contributed by atoms with Crippen molar-refractivity contribution in [1.29, 1.82) is 0 Å². The van der Waals surface area contributed by atoms with Crippen LogP contribution in [0.5, 0.6) is 0 Å². The van der Waals surface area contributed by atoms with Gasteiger partial charge in [-0.15, -0.1) is 11.3 Å². The van der Waals surface area contributed by atoms with Crippen molar-refractivity contribution in [3.8, 4) is 0 Å². The van der Waals surface area contributed by atoms with Crippen LogP contribution in [-0.2, 0) is 6.37 Å². The van der Waals surface area contributed by atoms with Crippen LogP contribution in [0.15, 0.2) is 0 Å². The van der Waals surface area contributed by atoms with Gasteiger partial charge in [0.2, 0.25) is 0 Å². The number of aryl methyl sites for hydroxylation is 2. The lowest BCUT2D eigenvalue weighted by atomic mass is 10.4. The molecule has 9 heavy (non-hydrogen) atoms. The summed E-state index contributed by atoms with van der Waals surface area (Å²) in [6.07, 6.45) is -2.71. The molecule has 0 bridgehead atoms. The third kappa shape index (κ3) is 1.21. The summed E-state index contributed by atoms with van der Waals surface area (Å²) < 4.78 is 57.5. The van der Waals surface area contributed by atoms with Crippen LogP contribution in [0, 0.1) is 6.85 Å². The maximum Gasteiger partial charge on any atom is 0.137 e. The first-order valence-electron chi connectivity index (χ1n) is 6.14. The average molecular weight is 150 g/mol. The third-order valence-corrected chi connectivity index (χ3v) is 1.57. The number of anilines is 1. The first-order chi connectivity index (χ1) is 7.37. The lowest BCUT2D eigenvalue weighted by Crippen LogP contribution is -1.88. The van der Waals surface area contributed by atoms with Crippen molar-refractivity contribution in [3.05, 3.63) is 9.88 Å². The van der Waals surface area contributed by atoms with Gasteiger partial charge in [-0.05, 0) is 13.2 Å². The van der Waals surface area contributed by atoms with E-state index < -0.39 is 20.1 Å². The van der Waals surface area contributed by atoms with E-state index in [2.05, 4.69) is 4.98 Å². The fourth-order valence-corrected chi connectivity index (χ4v) is 0.960. The van der Waals surface area contributed by atoms with Crippen LogP contribution >= 0.6 is 11.3 Å². The SMILES string of the molecule is [2H]C([2H])([2H])c1nc(N)c(C([2H])([2H])C([2H])([2H])[2H])s1. The lowest BCUT2D eigenvalue weighted by Gasteiger charge is -1.85. The Morgan fingerprint density at radius 3 is 3.44 bits per heavy atom. The van der Waals surface area contributed by atoms with Gasteiger partial charge < -0.3 is 5.73 Å². The molecule has 2 nitrogen and oxygen atoms in total. The highest BCUT2D eigenvalue weighted by Gasteiger charge is 2.00. The Morgan fingerprint density at radius 1 is 2.00 bits per heavy atom. The van der Waals surface area contributed by atoms with Gasteiger partial charge in [0, 0.05) is 15.8 Å². The molecule has 0 aliphatic heterocycles. The smallest absolute Gasteiger partial charge is 0.137 e. The van der Waals surface area contributed by atoms with Gasteiger partial charge in [0.15, 0.2) is 0 Å². The van der Waals surface area contributed by atoms with Crippen molar-refractivity contribution in [3.63, 3.8) is 0 Å². The zero-order valence-electron chi connectivity index (χ0n) is 12.4. The van der Waals surface area contributed by atoms with Crippen molar-refractivity contribution in [1.82, 2.24) is 4.98 Å². The van der Waals surface area contributed by atoms with Crippen LogP contribution in [0.3, 0.4) is 0 Å². The Hall–Kier alpha value is -0.570. The minimum absolute atomic E-state index is 0.363. The fourth-order valence-electron chi connectivity index (χ4n) is 0.422. The number of nitrogen functional groups attached to an aromatic ring is 1. The molecule has 3 heteroatoms. The topological polar surface area (TPSA) is 38.9 Å². The number of hydrogen-bond donors (Lipinski definition) is 1. The second kappa shape index (κ2) is 2.35. The fraction of sp³-hybridized carbons (Fsp3) is 0.500. The highest BCUT2D eigenvalue weighted by molar-refractivity contribution is 7.12. The number of aromatic nitrogens is 1. The van der Waals surface area contributed by atoms with Gasteiger partial charge in [-0.25, -0.2) is 4.98 Å². The Bertz CT molecular complexity index is 417. The summed E-state index contributed by atoms with van der Waals surface area (Å²) in [7, 11) is 0. The van der Waals surface area contributed by atoms with E-state index in [0.29, 0.717) is 11.3 Å². The van der Waals surface area contributed by atoms with Crippen LogP contribution < -0.4 is 5.73 Å². The highest BCUT2D eigenvalue weighted by Crippen LogP contribution is 2.19. The van der Waals surface area contributed by atoms with Crippen molar-refractivity contribution >= 4 is 17.2 Å². The van der Waals surface area contributed by atoms with E-state index in [1.54, 1.807) is 0 Å². The molecule has 0 amide bonds. The first kappa shape index (κ1) is 1.72. The van der Waals surface area contributed by atoms with E-state index in [4.69, 9.17) is 16.7 Å². The van der Waals surface area contributed by atoms with Gasteiger partial charge in [0.1, 0.15) is 5.82 Å². The molecule has 0 atom stereocenters. The molecule has 0 saturated carbocycles. The number of nitrogens with two attached hydrogens (primary N) is 1. The second-order valence-electron chi connectivity index (χ2n) is 1.36. The summed E-state index contributed by atoms with van der Waals surface area (Å²) in [5, 5.41) is -0.363. The third-order valence-electron chi connectivity index (χ3n) is 0.767.